The molecule has 4 heteroatoms. The van der Waals surface area contributed by atoms with E-state index in [9.17, 15) is 4.79 Å². The van der Waals surface area contributed by atoms with Crippen molar-refractivity contribution in [3.05, 3.63) is 29.3 Å². The minimum atomic E-state index is 0.0989. The molecule has 0 saturated carbocycles. The first kappa shape index (κ1) is 12.6. The molecule has 2 aliphatic rings. The van der Waals surface area contributed by atoms with Crippen LogP contribution in [0.2, 0.25) is 0 Å². The molecule has 1 aromatic carbocycles. The van der Waals surface area contributed by atoms with Crippen molar-refractivity contribution >= 4 is 11.6 Å². The highest BCUT2D eigenvalue weighted by Gasteiger charge is 2.29. The van der Waals surface area contributed by atoms with Gasteiger partial charge in [-0.05, 0) is 37.5 Å². The first-order valence-corrected chi connectivity index (χ1v) is 6.92. The number of amides is 1. The smallest absolute Gasteiger partial charge is 0.228 e. The summed E-state index contributed by atoms with van der Waals surface area (Å²) in [4.78, 5) is 11.3. The summed E-state index contributed by atoms with van der Waals surface area (Å²) in [7, 11) is 0. The Bertz CT molecular complexity index is 510. The minimum Gasteiger partial charge on any atom is -0.326 e. The molecule has 4 nitrogen and oxygen atoms in total. The van der Waals surface area contributed by atoms with Crippen LogP contribution in [0.15, 0.2) is 18.2 Å². The van der Waals surface area contributed by atoms with Gasteiger partial charge in [-0.1, -0.05) is 12.1 Å². The van der Waals surface area contributed by atoms with Gasteiger partial charge in [-0.3, -0.25) is 4.79 Å². The molecule has 1 aromatic rings. The van der Waals surface area contributed by atoms with Gasteiger partial charge in [0.25, 0.3) is 0 Å². The molecule has 19 heavy (non-hydrogen) atoms. The summed E-state index contributed by atoms with van der Waals surface area (Å²) < 4.78 is 0. The van der Waals surface area contributed by atoms with Gasteiger partial charge in [0.05, 0.1) is 6.42 Å². The Balaban J connectivity index is 1.60. The van der Waals surface area contributed by atoms with Crippen molar-refractivity contribution in [3.63, 3.8) is 0 Å². The van der Waals surface area contributed by atoms with Gasteiger partial charge in [0.15, 0.2) is 0 Å². The maximum atomic E-state index is 11.3. The van der Waals surface area contributed by atoms with E-state index in [2.05, 4.69) is 41.9 Å². The second-order valence-electron chi connectivity index (χ2n) is 6.26. The van der Waals surface area contributed by atoms with Crippen molar-refractivity contribution in [2.45, 2.75) is 44.8 Å². The molecular weight excluding hydrogens is 238 g/mol. The standard InChI is InChI=1S/C15H21N3O/c1-15(2)7-12(9-17-15)16-8-10-3-4-13-11(5-10)6-14(19)18-13/h3-5,12,16-17H,6-9H2,1-2H3,(H,18,19). The number of carbonyl (C=O) groups is 1. The predicted molar refractivity (Wildman–Crippen MR) is 76.1 cm³/mol. The average Bonchev–Trinajstić information content (AvgIpc) is 2.87. The fraction of sp³-hybridized carbons (Fsp3) is 0.533. The van der Waals surface area contributed by atoms with Gasteiger partial charge in [-0.25, -0.2) is 0 Å². The van der Waals surface area contributed by atoms with Crippen LogP contribution in [0.1, 0.15) is 31.4 Å². The summed E-state index contributed by atoms with van der Waals surface area (Å²) in [6, 6.07) is 6.76. The van der Waals surface area contributed by atoms with Gasteiger partial charge in [-0.2, -0.15) is 0 Å². The third-order valence-electron chi connectivity index (χ3n) is 3.97. The molecule has 1 saturated heterocycles. The van der Waals surface area contributed by atoms with Gasteiger partial charge in [0.1, 0.15) is 0 Å². The Hall–Kier alpha value is -1.39. The lowest BCUT2D eigenvalue weighted by atomic mass is 10.0. The number of fused-ring (bicyclic) bond motifs is 1. The van der Waals surface area contributed by atoms with Crippen molar-refractivity contribution in [1.82, 2.24) is 10.6 Å². The highest BCUT2D eigenvalue weighted by atomic mass is 16.1. The minimum absolute atomic E-state index is 0.0989. The van der Waals surface area contributed by atoms with Gasteiger partial charge < -0.3 is 16.0 Å². The fourth-order valence-electron chi connectivity index (χ4n) is 2.96. The number of rotatable bonds is 3. The van der Waals surface area contributed by atoms with Crippen LogP contribution in [0.5, 0.6) is 0 Å². The lowest BCUT2D eigenvalue weighted by Crippen LogP contribution is -2.31. The summed E-state index contributed by atoms with van der Waals surface area (Å²) in [5.74, 6) is 0.0989. The summed E-state index contributed by atoms with van der Waals surface area (Å²) in [5, 5.41) is 9.96. The monoisotopic (exact) mass is 259 g/mol. The normalized spacial score (nSPS) is 24.3. The van der Waals surface area contributed by atoms with E-state index in [1.165, 1.54) is 5.56 Å². The molecule has 1 fully saturated rings. The summed E-state index contributed by atoms with van der Waals surface area (Å²) in [6.07, 6.45) is 1.67. The first-order chi connectivity index (χ1) is 9.02. The maximum absolute atomic E-state index is 11.3. The molecule has 1 atom stereocenters. The third-order valence-corrected chi connectivity index (χ3v) is 3.97. The van der Waals surface area contributed by atoms with Gasteiger partial charge in [0.2, 0.25) is 5.91 Å². The molecule has 0 radical (unpaired) electrons. The van der Waals surface area contributed by atoms with Crippen LogP contribution in [0.3, 0.4) is 0 Å². The molecule has 102 valence electrons. The zero-order valence-corrected chi connectivity index (χ0v) is 11.5. The van der Waals surface area contributed by atoms with E-state index in [1.807, 2.05) is 6.07 Å². The van der Waals surface area contributed by atoms with Crippen LogP contribution < -0.4 is 16.0 Å². The number of nitrogens with one attached hydrogen (secondary N) is 3. The number of anilines is 1. The van der Waals surface area contributed by atoms with Gasteiger partial charge >= 0.3 is 0 Å². The number of benzene rings is 1. The van der Waals surface area contributed by atoms with Crippen LogP contribution in [0.25, 0.3) is 0 Å². The van der Waals surface area contributed by atoms with Crippen LogP contribution in [0.4, 0.5) is 5.69 Å². The number of carbonyl (C=O) groups excluding carboxylic acids is 1. The van der Waals surface area contributed by atoms with E-state index in [0.717, 1.165) is 30.8 Å². The second kappa shape index (κ2) is 4.62. The Morgan fingerprint density at radius 3 is 3.00 bits per heavy atom. The van der Waals surface area contributed by atoms with Crippen molar-refractivity contribution in [2.75, 3.05) is 11.9 Å². The fourth-order valence-corrected chi connectivity index (χ4v) is 2.96. The Morgan fingerprint density at radius 2 is 2.26 bits per heavy atom. The predicted octanol–water partition coefficient (Wildman–Crippen LogP) is 1.41. The van der Waals surface area contributed by atoms with E-state index >= 15 is 0 Å². The van der Waals surface area contributed by atoms with Crippen LogP contribution in [-0.4, -0.2) is 24.0 Å². The lowest BCUT2D eigenvalue weighted by molar-refractivity contribution is -0.115. The Labute approximate surface area is 114 Å². The summed E-state index contributed by atoms with van der Waals surface area (Å²) in [5.41, 5.74) is 3.58. The van der Waals surface area contributed by atoms with E-state index in [4.69, 9.17) is 0 Å². The summed E-state index contributed by atoms with van der Waals surface area (Å²) in [6.45, 7) is 6.37. The first-order valence-electron chi connectivity index (χ1n) is 6.92. The van der Waals surface area contributed by atoms with E-state index in [1.54, 1.807) is 0 Å². The molecule has 1 amide bonds. The molecule has 0 aliphatic carbocycles. The second-order valence-corrected chi connectivity index (χ2v) is 6.26. The average molecular weight is 259 g/mol. The molecule has 0 aromatic heterocycles. The number of hydrogen-bond acceptors (Lipinski definition) is 3. The maximum Gasteiger partial charge on any atom is 0.228 e. The quantitative estimate of drug-likeness (QED) is 0.769. The summed E-state index contributed by atoms with van der Waals surface area (Å²) >= 11 is 0. The van der Waals surface area contributed by atoms with Gasteiger partial charge in [0, 0.05) is 30.4 Å². The molecule has 0 spiro atoms. The van der Waals surface area contributed by atoms with Crippen molar-refractivity contribution in [3.8, 4) is 0 Å². The largest absolute Gasteiger partial charge is 0.326 e. The third kappa shape index (κ3) is 2.80. The Kier molecular flexibility index (Phi) is 3.07. The molecule has 1 unspecified atom stereocenters. The van der Waals surface area contributed by atoms with Crippen molar-refractivity contribution in [1.29, 1.82) is 0 Å². The van der Waals surface area contributed by atoms with Crippen LogP contribution in [-0.2, 0) is 17.8 Å². The topological polar surface area (TPSA) is 53.2 Å². The SMILES string of the molecule is CC1(C)CC(NCc2ccc3c(c2)CC(=O)N3)CN1. The number of hydrogen-bond donors (Lipinski definition) is 3. The zero-order valence-electron chi connectivity index (χ0n) is 11.5. The lowest BCUT2D eigenvalue weighted by Gasteiger charge is -2.17. The van der Waals surface area contributed by atoms with Gasteiger partial charge in [-0.15, -0.1) is 0 Å². The highest BCUT2D eigenvalue weighted by Crippen LogP contribution is 2.24. The molecular formula is C15H21N3O. The van der Waals surface area contributed by atoms with Crippen molar-refractivity contribution in [2.24, 2.45) is 0 Å². The van der Waals surface area contributed by atoms with E-state index in [-0.39, 0.29) is 11.4 Å². The molecule has 2 heterocycles. The van der Waals surface area contributed by atoms with Crippen molar-refractivity contribution < 1.29 is 4.79 Å². The Morgan fingerprint density at radius 1 is 1.42 bits per heavy atom. The van der Waals surface area contributed by atoms with E-state index in [0.29, 0.717) is 12.5 Å². The molecule has 3 N–H and O–H groups in total. The molecule has 3 rings (SSSR count). The molecule has 2 aliphatic heterocycles. The molecule has 0 bridgehead atoms. The van der Waals surface area contributed by atoms with Crippen LogP contribution >= 0.6 is 0 Å². The van der Waals surface area contributed by atoms with E-state index < -0.39 is 0 Å². The zero-order chi connectivity index (χ0) is 13.5. The highest BCUT2D eigenvalue weighted by molar-refractivity contribution is 5.99. The van der Waals surface area contributed by atoms with Crippen LogP contribution in [0, 0.1) is 0 Å².